The van der Waals surface area contributed by atoms with Gasteiger partial charge in [-0.15, -0.1) is 0 Å². The molecule has 0 aliphatic rings. The van der Waals surface area contributed by atoms with Crippen molar-refractivity contribution in [1.29, 1.82) is 0 Å². The Balaban J connectivity index is 2.86. The van der Waals surface area contributed by atoms with Crippen LogP contribution in [0, 0.1) is 0 Å². The van der Waals surface area contributed by atoms with Gasteiger partial charge in [-0.25, -0.2) is 4.79 Å². The number of methoxy groups -OCH3 is 1. The van der Waals surface area contributed by atoms with Crippen molar-refractivity contribution in [2.75, 3.05) is 20.2 Å². The second kappa shape index (κ2) is 10.4. The minimum absolute atomic E-state index is 0.0160. The average Bonchev–Trinajstić information content (AvgIpc) is 2.62. The lowest BCUT2D eigenvalue weighted by atomic mass is 9.92. The highest BCUT2D eigenvalue weighted by Gasteiger charge is 2.27. The maximum Gasteiger partial charge on any atom is 0.326 e. The van der Waals surface area contributed by atoms with Gasteiger partial charge in [0.25, 0.3) is 0 Å². The van der Waals surface area contributed by atoms with E-state index in [1.165, 1.54) is 18.7 Å². The van der Waals surface area contributed by atoms with Crippen molar-refractivity contribution >= 4 is 17.8 Å². The Morgan fingerprint density at radius 2 is 1.85 bits per heavy atom. The van der Waals surface area contributed by atoms with Crippen molar-refractivity contribution in [3.63, 3.8) is 0 Å². The van der Waals surface area contributed by atoms with Crippen LogP contribution in [0.5, 0.6) is 5.75 Å². The van der Waals surface area contributed by atoms with E-state index in [1.807, 2.05) is 31.2 Å². The first-order valence-corrected chi connectivity index (χ1v) is 8.70. The van der Waals surface area contributed by atoms with Gasteiger partial charge in [0.1, 0.15) is 11.8 Å². The van der Waals surface area contributed by atoms with Crippen LogP contribution in [-0.2, 0) is 14.4 Å². The van der Waals surface area contributed by atoms with E-state index in [4.69, 9.17) is 4.74 Å². The average molecular weight is 364 g/mol. The van der Waals surface area contributed by atoms with E-state index in [1.54, 1.807) is 7.11 Å². The Kier molecular flexibility index (Phi) is 8.61. The molecule has 0 aromatic heterocycles. The Bertz CT molecular complexity index is 615. The third-order valence-electron chi connectivity index (χ3n) is 4.37. The number of benzene rings is 1. The quantitative estimate of drug-likeness (QED) is 0.662. The standard InChI is InChI=1S/C19H28N2O5/c1-5-15(16-6-8-17(26-4)9-7-16)12-18(23)21(13(2)19(24)25)11-10-20-14(3)22/h6-9,13,15H,5,10-12H2,1-4H3,(H,20,22)(H,24,25). The molecule has 0 aliphatic heterocycles. The summed E-state index contributed by atoms with van der Waals surface area (Å²) in [5.41, 5.74) is 1.01. The molecule has 0 bridgehead atoms. The van der Waals surface area contributed by atoms with Gasteiger partial charge in [0.05, 0.1) is 7.11 Å². The molecule has 0 aliphatic carbocycles. The number of carbonyl (C=O) groups is 3. The van der Waals surface area contributed by atoms with Crippen LogP contribution in [0.2, 0.25) is 0 Å². The van der Waals surface area contributed by atoms with Gasteiger partial charge >= 0.3 is 5.97 Å². The highest BCUT2D eigenvalue weighted by Crippen LogP contribution is 2.26. The number of carboxylic acids is 1. The van der Waals surface area contributed by atoms with E-state index in [-0.39, 0.29) is 37.2 Å². The smallest absolute Gasteiger partial charge is 0.326 e. The fourth-order valence-electron chi connectivity index (χ4n) is 2.72. The fourth-order valence-corrected chi connectivity index (χ4v) is 2.72. The van der Waals surface area contributed by atoms with Crippen molar-refractivity contribution in [2.45, 2.75) is 45.6 Å². The summed E-state index contributed by atoms with van der Waals surface area (Å²) in [6.45, 7) is 5.22. The van der Waals surface area contributed by atoms with Crippen molar-refractivity contribution in [1.82, 2.24) is 10.2 Å². The zero-order valence-corrected chi connectivity index (χ0v) is 15.8. The predicted molar refractivity (Wildman–Crippen MR) is 98.1 cm³/mol. The molecule has 2 amide bonds. The topological polar surface area (TPSA) is 95.9 Å². The SMILES string of the molecule is CCC(CC(=O)N(CCNC(C)=O)C(C)C(=O)O)c1ccc(OC)cc1. The molecule has 0 spiro atoms. The summed E-state index contributed by atoms with van der Waals surface area (Å²) < 4.78 is 5.15. The molecule has 26 heavy (non-hydrogen) atoms. The number of hydrogen-bond donors (Lipinski definition) is 2. The summed E-state index contributed by atoms with van der Waals surface area (Å²) in [5, 5.41) is 11.9. The van der Waals surface area contributed by atoms with Crippen LogP contribution < -0.4 is 10.1 Å². The Morgan fingerprint density at radius 1 is 1.23 bits per heavy atom. The molecule has 7 nitrogen and oxygen atoms in total. The first-order chi connectivity index (χ1) is 12.3. The van der Waals surface area contributed by atoms with E-state index in [9.17, 15) is 19.5 Å². The van der Waals surface area contributed by atoms with Gasteiger partial charge in [0.15, 0.2) is 0 Å². The molecule has 0 heterocycles. The zero-order valence-electron chi connectivity index (χ0n) is 15.8. The first-order valence-electron chi connectivity index (χ1n) is 8.70. The zero-order chi connectivity index (χ0) is 19.7. The molecule has 7 heteroatoms. The minimum Gasteiger partial charge on any atom is -0.497 e. The van der Waals surface area contributed by atoms with Crippen molar-refractivity contribution < 1.29 is 24.2 Å². The summed E-state index contributed by atoms with van der Waals surface area (Å²) in [6, 6.07) is 6.57. The molecular formula is C19H28N2O5. The Morgan fingerprint density at radius 3 is 2.31 bits per heavy atom. The molecule has 1 aromatic rings. The fraction of sp³-hybridized carbons (Fsp3) is 0.526. The normalized spacial score (nSPS) is 12.8. The lowest BCUT2D eigenvalue weighted by Gasteiger charge is -2.28. The molecule has 0 radical (unpaired) electrons. The number of amides is 2. The maximum absolute atomic E-state index is 12.8. The van der Waals surface area contributed by atoms with Gasteiger partial charge in [-0.05, 0) is 37.0 Å². The number of carbonyl (C=O) groups excluding carboxylic acids is 2. The third-order valence-corrected chi connectivity index (χ3v) is 4.37. The largest absolute Gasteiger partial charge is 0.497 e. The van der Waals surface area contributed by atoms with E-state index >= 15 is 0 Å². The molecule has 0 saturated heterocycles. The number of rotatable bonds is 10. The minimum atomic E-state index is -1.07. The van der Waals surface area contributed by atoms with Gasteiger partial charge in [0, 0.05) is 26.4 Å². The van der Waals surface area contributed by atoms with Gasteiger partial charge in [-0.3, -0.25) is 9.59 Å². The predicted octanol–water partition coefficient (Wildman–Crippen LogP) is 2.02. The van der Waals surface area contributed by atoms with Crippen molar-refractivity contribution in [3.8, 4) is 5.75 Å². The Hall–Kier alpha value is -2.57. The number of nitrogens with one attached hydrogen (secondary N) is 1. The lowest BCUT2D eigenvalue weighted by molar-refractivity contribution is -0.149. The summed E-state index contributed by atoms with van der Waals surface area (Å²) in [6.07, 6.45) is 0.958. The summed E-state index contributed by atoms with van der Waals surface area (Å²) in [5.74, 6) is -0.805. The van der Waals surface area contributed by atoms with Crippen molar-refractivity contribution in [3.05, 3.63) is 29.8 Å². The number of hydrogen-bond acceptors (Lipinski definition) is 4. The molecule has 144 valence electrons. The number of aliphatic carboxylic acids is 1. The molecular weight excluding hydrogens is 336 g/mol. The van der Waals surface area contributed by atoms with Crippen LogP contribution in [0.3, 0.4) is 0 Å². The van der Waals surface area contributed by atoms with E-state index in [0.29, 0.717) is 0 Å². The number of ether oxygens (including phenoxy) is 1. The molecule has 0 saturated carbocycles. The maximum atomic E-state index is 12.8. The van der Waals surface area contributed by atoms with Crippen LogP contribution in [0.1, 0.15) is 45.1 Å². The van der Waals surface area contributed by atoms with E-state index in [0.717, 1.165) is 17.7 Å². The molecule has 1 aromatic carbocycles. The first kappa shape index (κ1) is 21.5. The van der Waals surface area contributed by atoms with Gasteiger partial charge < -0.3 is 20.1 Å². The van der Waals surface area contributed by atoms with E-state index < -0.39 is 12.0 Å². The highest BCUT2D eigenvalue weighted by molar-refractivity contribution is 5.84. The van der Waals surface area contributed by atoms with Crippen LogP contribution in [0.15, 0.2) is 24.3 Å². The number of nitrogens with zero attached hydrogens (tertiary/aromatic N) is 1. The third kappa shape index (κ3) is 6.38. The lowest BCUT2D eigenvalue weighted by Crippen LogP contribution is -2.47. The molecule has 2 unspecified atom stereocenters. The van der Waals surface area contributed by atoms with Crippen molar-refractivity contribution in [2.24, 2.45) is 0 Å². The molecule has 0 fully saturated rings. The Labute approximate surface area is 154 Å². The van der Waals surface area contributed by atoms with Crippen LogP contribution >= 0.6 is 0 Å². The van der Waals surface area contributed by atoms with Gasteiger partial charge in [-0.1, -0.05) is 19.1 Å². The second-order valence-electron chi connectivity index (χ2n) is 6.17. The van der Waals surface area contributed by atoms with Crippen LogP contribution in [0.25, 0.3) is 0 Å². The second-order valence-corrected chi connectivity index (χ2v) is 6.17. The van der Waals surface area contributed by atoms with E-state index in [2.05, 4.69) is 5.32 Å². The number of carboxylic acid groups (broad SMARTS) is 1. The molecule has 2 N–H and O–H groups in total. The van der Waals surface area contributed by atoms with Crippen LogP contribution in [0.4, 0.5) is 0 Å². The van der Waals surface area contributed by atoms with Gasteiger partial charge in [-0.2, -0.15) is 0 Å². The van der Waals surface area contributed by atoms with Crippen LogP contribution in [-0.4, -0.2) is 54.0 Å². The summed E-state index contributed by atoms with van der Waals surface area (Å²) in [7, 11) is 1.59. The van der Waals surface area contributed by atoms with Gasteiger partial charge in [0.2, 0.25) is 11.8 Å². The monoisotopic (exact) mass is 364 g/mol. The highest BCUT2D eigenvalue weighted by atomic mass is 16.5. The summed E-state index contributed by atoms with van der Waals surface area (Å²) >= 11 is 0. The summed E-state index contributed by atoms with van der Waals surface area (Å²) in [4.78, 5) is 36.4. The molecule has 2 atom stereocenters. The molecule has 1 rings (SSSR count).